The van der Waals surface area contributed by atoms with E-state index in [9.17, 15) is 24.2 Å². The molecule has 2 N–H and O–H groups in total. The molecule has 0 spiro atoms. The summed E-state index contributed by atoms with van der Waals surface area (Å²) >= 11 is 0. The number of hydrogen-bond donors (Lipinski definition) is 2. The summed E-state index contributed by atoms with van der Waals surface area (Å²) < 4.78 is 32.7. The Morgan fingerprint density at radius 1 is 0.805 bits per heavy atom. The van der Waals surface area contributed by atoms with Gasteiger partial charge in [-0.1, -0.05) is 109 Å². The lowest BCUT2D eigenvalue weighted by Crippen LogP contribution is -2.17. The number of hydrogen-bond acceptors (Lipinski definition) is 8. The molecule has 9 nitrogen and oxygen atoms in total. The summed E-state index contributed by atoms with van der Waals surface area (Å²) in [6.07, 6.45) is 19.2. The van der Waals surface area contributed by atoms with Gasteiger partial charge in [-0.3, -0.25) is 4.52 Å². The van der Waals surface area contributed by atoms with E-state index >= 15 is 0 Å². The monoisotopic (exact) mass is 600 g/mol. The number of rotatable bonds is 25. The molecule has 1 aromatic rings. The SMILES string of the molecule is CCCCCCCCCCCCCCCCCCOc1cccc(OC(=O)P(=O)(O)OCC(C)O)c1C(=O)OCC. The summed E-state index contributed by atoms with van der Waals surface area (Å²) in [5.41, 5.74) is -1.71. The van der Waals surface area contributed by atoms with Gasteiger partial charge in [0.1, 0.15) is 17.1 Å². The van der Waals surface area contributed by atoms with E-state index in [1.54, 1.807) is 13.0 Å². The topological polar surface area (TPSA) is 129 Å². The fourth-order valence-electron chi connectivity index (χ4n) is 4.37. The number of ether oxygens (including phenoxy) is 3. The molecule has 0 aromatic heterocycles. The van der Waals surface area contributed by atoms with E-state index in [4.69, 9.17) is 14.2 Å². The second kappa shape index (κ2) is 22.6. The lowest BCUT2D eigenvalue weighted by molar-refractivity contribution is 0.0518. The fraction of sp³-hybridized carbons (Fsp3) is 0.742. The molecule has 0 heterocycles. The summed E-state index contributed by atoms with van der Waals surface area (Å²) in [6.45, 7) is 5.13. The highest BCUT2D eigenvalue weighted by Crippen LogP contribution is 2.45. The third kappa shape index (κ3) is 16.9. The van der Waals surface area contributed by atoms with Crippen LogP contribution in [0.5, 0.6) is 11.5 Å². The molecule has 0 amide bonds. The van der Waals surface area contributed by atoms with Gasteiger partial charge in [0.2, 0.25) is 0 Å². The molecule has 0 aliphatic heterocycles. The zero-order valence-corrected chi connectivity index (χ0v) is 26.3. The van der Waals surface area contributed by atoms with Gasteiger partial charge in [0.15, 0.2) is 0 Å². The molecule has 0 aliphatic rings. The largest absolute Gasteiger partial charge is 0.493 e. The molecule has 2 atom stereocenters. The van der Waals surface area contributed by atoms with Crippen molar-refractivity contribution < 1.29 is 42.9 Å². The van der Waals surface area contributed by atoms with Crippen LogP contribution in [0.3, 0.4) is 0 Å². The van der Waals surface area contributed by atoms with Crippen LogP contribution in [0, 0.1) is 0 Å². The Kier molecular flexibility index (Phi) is 20.5. The average molecular weight is 601 g/mol. The van der Waals surface area contributed by atoms with Crippen LogP contribution in [0.2, 0.25) is 0 Å². The lowest BCUT2D eigenvalue weighted by Gasteiger charge is -2.16. The second-order valence-electron chi connectivity index (χ2n) is 10.5. The van der Waals surface area contributed by atoms with Gasteiger partial charge in [-0.2, -0.15) is 0 Å². The minimum atomic E-state index is -4.85. The van der Waals surface area contributed by atoms with Gasteiger partial charge in [-0.05, 0) is 32.4 Å². The van der Waals surface area contributed by atoms with Crippen molar-refractivity contribution in [1.29, 1.82) is 0 Å². The number of unbranched alkanes of at least 4 members (excludes halogenated alkanes) is 15. The Bertz CT molecular complexity index is 904. The van der Waals surface area contributed by atoms with Gasteiger partial charge in [0.05, 0.1) is 25.9 Å². The van der Waals surface area contributed by atoms with E-state index in [1.807, 2.05) is 0 Å². The van der Waals surface area contributed by atoms with Crippen molar-refractivity contribution >= 4 is 19.3 Å². The Morgan fingerprint density at radius 2 is 1.29 bits per heavy atom. The van der Waals surface area contributed by atoms with E-state index in [1.165, 1.54) is 103 Å². The van der Waals surface area contributed by atoms with Crippen molar-refractivity contribution in [2.24, 2.45) is 0 Å². The van der Waals surface area contributed by atoms with E-state index in [0.717, 1.165) is 19.3 Å². The van der Waals surface area contributed by atoms with Crippen LogP contribution >= 0.6 is 7.60 Å². The first-order chi connectivity index (χ1) is 19.7. The van der Waals surface area contributed by atoms with Crippen molar-refractivity contribution in [2.75, 3.05) is 19.8 Å². The smallest absolute Gasteiger partial charge is 0.436 e. The minimum Gasteiger partial charge on any atom is -0.493 e. The zero-order valence-electron chi connectivity index (χ0n) is 25.4. The predicted octanol–water partition coefficient (Wildman–Crippen LogP) is 8.59. The van der Waals surface area contributed by atoms with E-state index in [2.05, 4.69) is 11.4 Å². The third-order valence-electron chi connectivity index (χ3n) is 6.64. The molecule has 0 radical (unpaired) electrons. The molecule has 0 saturated heterocycles. The van der Waals surface area contributed by atoms with Crippen LogP contribution in [0.1, 0.15) is 134 Å². The number of carbonyl (C=O) groups excluding carboxylic acids is 2. The van der Waals surface area contributed by atoms with Crippen molar-refractivity contribution in [3.8, 4) is 11.5 Å². The normalized spacial score (nSPS) is 13.4. The van der Waals surface area contributed by atoms with Crippen LogP contribution in [0.25, 0.3) is 0 Å². The van der Waals surface area contributed by atoms with Gasteiger partial charge >= 0.3 is 19.3 Å². The number of carbonyl (C=O) groups is 2. The molecule has 0 aliphatic carbocycles. The van der Waals surface area contributed by atoms with Gasteiger partial charge in [0, 0.05) is 0 Å². The first kappa shape index (κ1) is 37.1. The Labute approximate surface area is 246 Å². The van der Waals surface area contributed by atoms with Gasteiger partial charge in [-0.25, -0.2) is 14.2 Å². The van der Waals surface area contributed by atoms with E-state index in [0.29, 0.717) is 6.61 Å². The molecule has 0 fully saturated rings. The molecule has 1 aromatic carbocycles. The molecule has 0 saturated carbocycles. The maximum Gasteiger partial charge on any atom is 0.436 e. The highest BCUT2D eigenvalue weighted by molar-refractivity contribution is 7.70. The molecule has 2 unspecified atom stereocenters. The molecule has 0 bridgehead atoms. The first-order valence-electron chi connectivity index (χ1n) is 15.5. The Hall–Kier alpha value is -1.93. The molecular formula is C31H53O9P. The van der Waals surface area contributed by atoms with Crippen molar-refractivity contribution in [3.63, 3.8) is 0 Å². The molecule has 1 rings (SSSR count). The Balaban J connectivity index is 2.38. The van der Waals surface area contributed by atoms with E-state index < -0.39 is 32.0 Å². The standard InChI is InChI=1S/C31H53O9P/c1-4-6-7-8-9-10-11-12-13-14-15-16-17-18-19-20-24-38-27-22-21-23-28(29(27)30(33)37-5-2)40-31(34)41(35,36)39-25-26(3)32/h21-23,26,32H,4-20,24-25H2,1-3H3,(H,35,36). The lowest BCUT2D eigenvalue weighted by atomic mass is 10.0. The van der Waals surface area contributed by atoms with Crippen LogP contribution < -0.4 is 9.47 Å². The number of benzene rings is 1. The molecule has 10 heteroatoms. The number of aliphatic hydroxyl groups excluding tert-OH is 1. The van der Waals surface area contributed by atoms with Crippen molar-refractivity contribution in [3.05, 3.63) is 23.8 Å². The molecule has 41 heavy (non-hydrogen) atoms. The molecular weight excluding hydrogens is 547 g/mol. The van der Waals surface area contributed by atoms with Gasteiger partial charge < -0.3 is 24.2 Å². The van der Waals surface area contributed by atoms with E-state index in [-0.39, 0.29) is 23.7 Å². The van der Waals surface area contributed by atoms with Crippen LogP contribution in [0.4, 0.5) is 4.79 Å². The van der Waals surface area contributed by atoms with Crippen LogP contribution in [-0.2, 0) is 13.8 Å². The highest BCUT2D eigenvalue weighted by atomic mass is 31.2. The van der Waals surface area contributed by atoms with Crippen molar-refractivity contribution in [2.45, 2.75) is 130 Å². The predicted molar refractivity (Wildman–Crippen MR) is 161 cm³/mol. The average Bonchev–Trinajstić information content (AvgIpc) is 2.93. The number of aliphatic hydroxyl groups is 1. The summed E-state index contributed by atoms with van der Waals surface area (Å²) in [4.78, 5) is 34.8. The molecule has 236 valence electrons. The first-order valence-corrected chi connectivity index (χ1v) is 17.1. The summed E-state index contributed by atoms with van der Waals surface area (Å²) in [5, 5.41) is 9.25. The van der Waals surface area contributed by atoms with Crippen LogP contribution in [0.15, 0.2) is 18.2 Å². The Morgan fingerprint density at radius 3 is 1.78 bits per heavy atom. The zero-order chi connectivity index (χ0) is 30.3. The van der Waals surface area contributed by atoms with Gasteiger partial charge in [0.25, 0.3) is 0 Å². The van der Waals surface area contributed by atoms with Crippen LogP contribution in [-0.4, -0.2) is 47.6 Å². The maximum atomic E-state index is 12.6. The second-order valence-corrected chi connectivity index (χ2v) is 12.2. The fourth-order valence-corrected chi connectivity index (χ4v) is 5.10. The minimum absolute atomic E-state index is 0.0790. The number of esters is 1. The third-order valence-corrected chi connectivity index (χ3v) is 7.69. The van der Waals surface area contributed by atoms with Crippen molar-refractivity contribution in [1.82, 2.24) is 0 Å². The summed E-state index contributed by atoms with van der Waals surface area (Å²) in [5.74, 6) is -0.893. The highest BCUT2D eigenvalue weighted by Gasteiger charge is 2.35. The van der Waals surface area contributed by atoms with Gasteiger partial charge in [-0.15, -0.1) is 0 Å². The summed E-state index contributed by atoms with van der Waals surface area (Å²) in [6, 6.07) is 4.37. The quantitative estimate of drug-likeness (QED) is 0.0644. The maximum absolute atomic E-state index is 12.6. The summed E-state index contributed by atoms with van der Waals surface area (Å²) in [7, 11) is -4.85.